The summed E-state index contributed by atoms with van der Waals surface area (Å²) in [5.74, 6) is 1.87. The van der Waals surface area contributed by atoms with Crippen LogP contribution in [0.4, 0.5) is 0 Å². The van der Waals surface area contributed by atoms with E-state index in [0.717, 1.165) is 43.4 Å². The van der Waals surface area contributed by atoms with E-state index >= 15 is 0 Å². The molecule has 0 amide bonds. The SMILES string of the molecule is CN=C(NCCCc1nnc2ccccn12)NCC1(c2ccccc2)CCCC1. The van der Waals surface area contributed by atoms with E-state index in [0.29, 0.717) is 0 Å². The number of nitrogens with zero attached hydrogens (tertiary/aromatic N) is 4. The Morgan fingerprint density at radius 3 is 2.62 bits per heavy atom. The average molecular weight is 391 g/mol. The molecule has 0 unspecified atom stereocenters. The number of fused-ring (bicyclic) bond motifs is 1. The summed E-state index contributed by atoms with van der Waals surface area (Å²) in [6, 6.07) is 16.9. The number of aryl methyl sites for hydroxylation is 1. The van der Waals surface area contributed by atoms with Crippen LogP contribution in [0.5, 0.6) is 0 Å². The minimum Gasteiger partial charge on any atom is -0.356 e. The zero-order valence-electron chi connectivity index (χ0n) is 17.1. The third-order valence-corrected chi connectivity index (χ3v) is 6.02. The van der Waals surface area contributed by atoms with Crippen molar-refractivity contribution in [2.75, 3.05) is 20.1 Å². The molecule has 2 aromatic heterocycles. The summed E-state index contributed by atoms with van der Waals surface area (Å²) in [5.41, 5.74) is 2.56. The Bertz CT molecular complexity index is 940. The van der Waals surface area contributed by atoms with Crippen molar-refractivity contribution in [3.63, 3.8) is 0 Å². The van der Waals surface area contributed by atoms with Gasteiger partial charge in [-0.2, -0.15) is 0 Å². The van der Waals surface area contributed by atoms with Crippen molar-refractivity contribution in [1.82, 2.24) is 25.2 Å². The van der Waals surface area contributed by atoms with Gasteiger partial charge in [0.2, 0.25) is 0 Å². The molecule has 3 aromatic rings. The smallest absolute Gasteiger partial charge is 0.191 e. The fourth-order valence-electron chi connectivity index (χ4n) is 4.40. The van der Waals surface area contributed by atoms with Gasteiger partial charge in [0, 0.05) is 38.2 Å². The van der Waals surface area contributed by atoms with Crippen LogP contribution in [-0.2, 0) is 11.8 Å². The zero-order valence-corrected chi connectivity index (χ0v) is 17.1. The molecule has 6 heteroatoms. The Hall–Kier alpha value is -2.89. The number of rotatable bonds is 7. The molecule has 1 aliphatic rings. The monoisotopic (exact) mass is 390 g/mol. The number of nitrogens with one attached hydrogen (secondary N) is 2. The molecule has 1 saturated carbocycles. The van der Waals surface area contributed by atoms with Gasteiger partial charge in [-0.1, -0.05) is 49.2 Å². The number of hydrogen-bond donors (Lipinski definition) is 2. The molecule has 0 radical (unpaired) electrons. The van der Waals surface area contributed by atoms with Gasteiger partial charge in [-0.05, 0) is 37.0 Å². The predicted molar refractivity (Wildman–Crippen MR) is 117 cm³/mol. The van der Waals surface area contributed by atoms with Gasteiger partial charge in [0.25, 0.3) is 0 Å². The molecular weight excluding hydrogens is 360 g/mol. The summed E-state index contributed by atoms with van der Waals surface area (Å²) in [7, 11) is 1.84. The minimum absolute atomic E-state index is 0.222. The predicted octanol–water partition coefficient (Wildman–Crippen LogP) is 3.34. The standard InChI is InChI=1S/C23H30N6/c1-24-22(25-16-9-13-21-28-27-20-12-5-8-17-29(20)21)26-18-23(14-6-7-15-23)19-10-3-2-4-11-19/h2-5,8,10-12,17H,6-7,9,13-16,18H2,1H3,(H2,24,25,26). The number of hydrogen-bond acceptors (Lipinski definition) is 3. The molecule has 6 nitrogen and oxygen atoms in total. The summed E-state index contributed by atoms with van der Waals surface area (Å²) in [6.45, 7) is 1.77. The number of aromatic nitrogens is 3. The maximum atomic E-state index is 4.42. The molecule has 0 bridgehead atoms. The van der Waals surface area contributed by atoms with Gasteiger partial charge < -0.3 is 10.6 Å². The van der Waals surface area contributed by atoms with E-state index in [9.17, 15) is 0 Å². The molecule has 1 fully saturated rings. The summed E-state index contributed by atoms with van der Waals surface area (Å²) in [6.07, 6.45) is 8.94. The fourth-order valence-corrected chi connectivity index (χ4v) is 4.40. The first-order valence-corrected chi connectivity index (χ1v) is 10.6. The van der Waals surface area contributed by atoms with Gasteiger partial charge in [0.1, 0.15) is 5.82 Å². The average Bonchev–Trinajstić information content (AvgIpc) is 3.42. The molecule has 152 valence electrons. The van der Waals surface area contributed by atoms with Crippen LogP contribution in [0.25, 0.3) is 5.65 Å². The van der Waals surface area contributed by atoms with Crippen molar-refractivity contribution in [1.29, 1.82) is 0 Å². The van der Waals surface area contributed by atoms with Crippen LogP contribution in [0, 0.1) is 0 Å². The lowest BCUT2D eigenvalue weighted by atomic mass is 9.79. The topological polar surface area (TPSA) is 66.6 Å². The molecule has 2 heterocycles. The molecule has 1 aliphatic carbocycles. The Labute approximate surface area is 172 Å². The highest BCUT2D eigenvalue weighted by atomic mass is 15.2. The summed E-state index contributed by atoms with van der Waals surface area (Å²) < 4.78 is 2.05. The number of aliphatic imine (C=N–C) groups is 1. The van der Waals surface area contributed by atoms with Gasteiger partial charge in [-0.15, -0.1) is 10.2 Å². The third-order valence-electron chi connectivity index (χ3n) is 6.02. The highest BCUT2D eigenvalue weighted by Crippen LogP contribution is 2.40. The van der Waals surface area contributed by atoms with Crippen LogP contribution in [0.3, 0.4) is 0 Å². The lowest BCUT2D eigenvalue weighted by Gasteiger charge is -2.30. The third kappa shape index (κ3) is 4.42. The maximum absolute atomic E-state index is 4.42. The number of guanidine groups is 1. The highest BCUT2D eigenvalue weighted by Gasteiger charge is 2.35. The van der Waals surface area contributed by atoms with Crippen LogP contribution in [0.2, 0.25) is 0 Å². The van der Waals surface area contributed by atoms with Crippen molar-refractivity contribution < 1.29 is 0 Å². The number of benzene rings is 1. The summed E-state index contributed by atoms with van der Waals surface area (Å²) in [5, 5.41) is 15.6. The summed E-state index contributed by atoms with van der Waals surface area (Å²) in [4.78, 5) is 4.42. The molecule has 0 spiro atoms. The molecule has 0 saturated heterocycles. The fraction of sp³-hybridized carbons (Fsp3) is 0.435. The number of pyridine rings is 1. The second-order valence-electron chi connectivity index (χ2n) is 7.85. The first kappa shape index (κ1) is 19.4. The van der Waals surface area contributed by atoms with Crippen molar-refractivity contribution >= 4 is 11.6 Å². The Morgan fingerprint density at radius 1 is 1.03 bits per heavy atom. The van der Waals surface area contributed by atoms with E-state index in [-0.39, 0.29) is 5.41 Å². The summed E-state index contributed by atoms with van der Waals surface area (Å²) >= 11 is 0. The Kier molecular flexibility index (Phi) is 6.08. The van der Waals surface area contributed by atoms with Crippen molar-refractivity contribution in [3.05, 3.63) is 66.1 Å². The quantitative estimate of drug-likeness (QED) is 0.369. The Balaban J connectivity index is 1.28. The van der Waals surface area contributed by atoms with Gasteiger partial charge >= 0.3 is 0 Å². The largest absolute Gasteiger partial charge is 0.356 e. The molecule has 4 rings (SSSR count). The second kappa shape index (κ2) is 9.07. The van der Waals surface area contributed by atoms with E-state index in [4.69, 9.17) is 0 Å². The first-order valence-electron chi connectivity index (χ1n) is 10.6. The van der Waals surface area contributed by atoms with Crippen LogP contribution in [-0.4, -0.2) is 40.7 Å². The van der Waals surface area contributed by atoms with E-state index < -0.39 is 0 Å². The molecule has 0 aliphatic heterocycles. The lowest BCUT2D eigenvalue weighted by Crippen LogP contribution is -2.45. The second-order valence-corrected chi connectivity index (χ2v) is 7.85. The van der Waals surface area contributed by atoms with Crippen LogP contribution < -0.4 is 10.6 Å². The van der Waals surface area contributed by atoms with E-state index in [1.165, 1.54) is 31.2 Å². The maximum Gasteiger partial charge on any atom is 0.191 e. The van der Waals surface area contributed by atoms with Crippen molar-refractivity contribution in [2.24, 2.45) is 4.99 Å². The first-order chi connectivity index (χ1) is 14.3. The highest BCUT2D eigenvalue weighted by molar-refractivity contribution is 5.79. The van der Waals surface area contributed by atoms with Crippen LogP contribution >= 0.6 is 0 Å². The zero-order chi connectivity index (χ0) is 19.9. The minimum atomic E-state index is 0.222. The Morgan fingerprint density at radius 2 is 1.83 bits per heavy atom. The van der Waals surface area contributed by atoms with Crippen LogP contribution in [0.1, 0.15) is 43.5 Å². The molecule has 29 heavy (non-hydrogen) atoms. The van der Waals surface area contributed by atoms with Crippen LogP contribution in [0.15, 0.2) is 59.7 Å². The molecule has 2 N–H and O–H groups in total. The molecular formula is C23H30N6. The van der Waals surface area contributed by atoms with Crippen molar-refractivity contribution in [2.45, 2.75) is 43.9 Å². The van der Waals surface area contributed by atoms with Gasteiger partial charge in [0.15, 0.2) is 11.6 Å². The van der Waals surface area contributed by atoms with Gasteiger partial charge in [-0.25, -0.2) is 0 Å². The lowest BCUT2D eigenvalue weighted by molar-refractivity contribution is 0.431. The van der Waals surface area contributed by atoms with Gasteiger partial charge in [0.05, 0.1) is 0 Å². The van der Waals surface area contributed by atoms with E-state index in [2.05, 4.69) is 60.6 Å². The van der Waals surface area contributed by atoms with E-state index in [1.807, 2.05) is 31.4 Å². The van der Waals surface area contributed by atoms with E-state index in [1.54, 1.807) is 0 Å². The molecule has 0 atom stereocenters. The normalized spacial score (nSPS) is 16.2. The van der Waals surface area contributed by atoms with Crippen molar-refractivity contribution in [3.8, 4) is 0 Å². The van der Waals surface area contributed by atoms with Gasteiger partial charge in [-0.3, -0.25) is 9.39 Å². The molecule has 1 aromatic carbocycles.